The number of para-hydroxylation sites is 1. The second-order valence-electron chi connectivity index (χ2n) is 5.00. The largest absolute Gasteiger partial charge is 0.493 e. The van der Waals surface area contributed by atoms with Crippen molar-refractivity contribution in [1.29, 1.82) is 0 Å². The number of ether oxygens (including phenoxy) is 1. The summed E-state index contributed by atoms with van der Waals surface area (Å²) in [6.45, 7) is 2.02. The Balaban J connectivity index is 1.70. The molecule has 0 unspecified atom stereocenters. The van der Waals surface area contributed by atoms with Gasteiger partial charge in [-0.05, 0) is 43.3 Å². The van der Waals surface area contributed by atoms with Crippen LogP contribution in [-0.2, 0) is 4.79 Å². The second kappa shape index (κ2) is 9.49. The molecule has 0 fully saturated rings. The summed E-state index contributed by atoms with van der Waals surface area (Å²) in [6, 6.07) is 14.6. The van der Waals surface area contributed by atoms with Crippen molar-refractivity contribution in [3.8, 4) is 5.75 Å². The lowest BCUT2D eigenvalue weighted by Crippen LogP contribution is -2.17. The summed E-state index contributed by atoms with van der Waals surface area (Å²) in [5, 5.41) is 2.78. The molecule has 4 nitrogen and oxygen atoms in total. The van der Waals surface area contributed by atoms with Gasteiger partial charge in [-0.3, -0.25) is 9.59 Å². The first-order chi connectivity index (χ1) is 11.6. The third kappa shape index (κ3) is 6.02. The monoisotopic (exact) mass is 407 g/mol. The van der Waals surface area contributed by atoms with Crippen molar-refractivity contribution in [1.82, 2.24) is 0 Å². The van der Waals surface area contributed by atoms with E-state index in [4.69, 9.17) is 4.74 Å². The van der Waals surface area contributed by atoms with E-state index in [1.807, 2.05) is 24.3 Å². The fourth-order valence-corrected chi connectivity index (χ4v) is 2.87. The van der Waals surface area contributed by atoms with Gasteiger partial charge in [0.1, 0.15) is 5.75 Å². The molecule has 0 bridgehead atoms. The quantitative estimate of drug-likeness (QED) is 0.520. The summed E-state index contributed by atoms with van der Waals surface area (Å²) in [7, 11) is 0. The lowest BCUT2D eigenvalue weighted by Gasteiger charge is -2.09. The fourth-order valence-electron chi connectivity index (χ4n) is 2.00. The van der Waals surface area contributed by atoms with Gasteiger partial charge in [-0.1, -0.05) is 28.1 Å². The van der Waals surface area contributed by atoms with Crippen molar-refractivity contribution in [3.05, 3.63) is 58.6 Å². The van der Waals surface area contributed by atoms with Crippen LogP contribution in [0.25, 0.3) is 0 Å². The lowest BCUT2D eigenvalue weighted by molar-refractivity contribution is -0.113. The van der Waals surface area contributed by atoms with E-state index in [9.17, 15) is 9.59 Å². The molecule has 2 aromatic carbocycles. The predicted molar refractivity (Wildman–Crippen MR) is 102 cm³/mol. The molecule has 2 aromatic rings. The van der Waals surface area contributed by atoms with Gasteiger partial charge in [0.25, 0.3) is 0 Å². The topological polar surface area (TPSA) is 55.4 Å². The van der Waals surface area contributed by atoms with Crippen molar-refractivity contribution in [2.45, 2.75) is 6.92 Å². The molecule has 0 aromatic heterocycles. The van der Waals surface area contributed by atoms with E-state index >= 15 is 0 Å². The Bertz CT molecular complexity index is 704. The Morgan fingerprint density at radius 1 is 1.12 bits per heavy atom. The van der Waals surface area contributed by atoms with E-state index in [2.05, 4.69) is 21.2 Å². The maximum atomic E-state index is 12.0. The van der Waals surface area contributed by atoms with Gasteiger partial charge in [0.2, 0.25) is 5.91 Å². The summed E-state index contributed by atoms with van der Waals surface area (Å²) in [5.74, 6) is 1.63. The van der Waals surface area contributed by atoms with Crippen molar-refractivity contribution >= 4 is 45.1 Å². The van der Waals surface area contributed by atoms with Crippen LogP contribution in [-0.4, -0.2) is 29.8 Å². The van der Waals surface area contributed by atoms with Crippen LogP contribution in [0, 0.1) is 0 Å². The highest BCUT2D eigenvalue weighted by atomic mass is 79.9. The molecule has 0 spiro atoms. The molecule has 1 amide bonds. The Morgan fingerprint density at radius 3 is 2.54 bits per heavy atom. The van der Waals surface area contributed by atoms with E-state index in [0.29, 0.717) is 29.4 Å². The Morgan fingerprint density at radius 2 is 1.83 bits per heavy atom. The minimum atomic E-state index is -0.127. The molecule has 0 heterocycles. The first-order valence-corrected chi connectivity index (χ1v) is 9.37. The molecule has 6 heteroatoms. The van der Waals surface area contributed by atoms with Crippen LogP contribution in [0.1, 0.15) is 17.3 Å². The van der Waals surface area contributed by atoms with Crippen molar-refractivity contribution in [2.75, 3.05) is 23.4 Å². The summed E-state index contributed by atoms with van der Waals surface area (Å²) in [4.78, 5) is 23.5. The third-order valence-corrected chi connectivity index (χ3v) is 4.57. The average Bonchev–Trinajstić information content (AvgIpc) is 2.56. The molecule has 0 aliphatic heterocycles. The number of ketones is 1. The van der Waals surface area contributed by atoms with Crippen LogP contribution in [0.3, 0.4) is 0 Å². The first-order valence-electron chi connectivity index (χ1n) is 7.42. The molecule has 2 rings (SSSR count). The number of halogens is 1. The molecule has 126 valence electrons. The van der Waals surface area contributed by atoms with Gasteiger partial charge in [-0.2, -0.15) is 0 Å². The molecule has 0 aliphatic carbocycles. The smallest absolute Gasteiger partial charge is 0.234 e. The van der Waals surface area contributed by atoms with E-state index in [0.717, 1.165) is 10.2 Å². The highest BCUT2D eigenvalue weighted by Gasteiger charge is 2.09. The number of anilines is 1. The van der Waals surface area contributed by atoms with Gasteiger partial charge in [0.05, 0.1) is 18.0 Å². The standard InChI is InChI=1S/C18H18BrNO3S/c1-13(21)16-4-2-3-5-17(16)20-18(22)12-24-11-10-23-15-8-6-14(19)7-9-15/h2-9H,10-12H2,1H3,(H,20,22). The second-order valence-corrected chi connectivity index (χ2v) is 7.03. The Kier molecular flexibility index (Phi) is 7.34. The van der Waals surface area contributed by atoms with Crippen LogP contribution in [0.4, 0.5) is 5.69 Å². The number of rotatable bonds is 8. The lowest BCUT2D eigenvalue weighted by atomic mass is 10.1. The fraction of sp³-hybridized carbons (Fsp3) is 0.222. The molecule has 0 aliphatic rings. The van der Waals surface area contributed by atoms with Crippen molar-refractivity contribution in [3.63, 3.8) is 0 Å². The molecule has 0 saturated heterocycles. The highest BCUT2D eigenvalue weighted by molar-refractivity contribution is 9.10. The zero-order chi connectivity index (χ0) is 17.4. The minimum absolute atomic E-state index is 0.0681. The van der Waals surface area contributed by atoms with Crippen LogP contribution in [0.15, 0.2) is 53.0 Å². The highest BCUT2D eigenvalue weighted by Crippen LogP contribution is 2.17. The van der Waals surface area contributed by atoms with Gasteiger partial charge in [-0.15, -0.1) is 11.8 Å². The van der Waals surface area contributed by atoms with E-state index in [1.165, 1.54) is 18.7 Å². The average molecular weight is 408 g/mol. The van der Waals surface area contributed by atoms with Crippen molar-refractivity contribution < 1.29 is 14.3 Å². The minimum Gasteiger partial charge on any atom is -0.493 e. The summed E-state index contributed by atoms with van der Waals surface area (Å²) >= 11 is 4.86. The number of carbonyl (C=O) groups is 2. The zero-order valence-corrected chi connectivity index (χ0v) is 15.7. The number of carbonyl (C=O) groups excluding carboxylic acids is 2. The van der Waals surface area contributed by atoms with Crippen molar-refractivity contribution in [2.24, 2.45) is 0 Å². The number of thioether (sulfide) groups is 1. The van der Waals surface area contributed by atoms with Crippen LogP contribution in [0.5, 0.6) is 5.75 Å². The maximum absolute atomic E-state index is 12.0. The first kappa shape index (κ1) is 18.5. The number of hydrogen-bond acceptors (Lipinski definition) is 4. The van der Waals surface area contributed by atoms with E-state index < -0.39 is 0 Å². The zero-order valence-electron chi connectivity index (χ0n) is 13.3. The van der Waals surface area contributed by atoms with E-state index in [-0.39, 0.29) is 11.7 Å². The summed E-state index contributed by atoms with van der Waals surface area (Å²) in [6.07, 6.45) is 0. The summed E-state index contributed by atoms with van der Waals surface area (Å²) in [5.41, 5.74) is 1.08. The molecule has 24 heavy (non-hydrogen) atoms. The summed E-state index contributed by atoms with van der Waals surface area (Å²) < 4.78 is 6.60. The third-order valence-electron chi connectivity index (χ3n) is 3.12. The molecule has 0 atom stereocenters. The molecular formula is C18H18BrNO3S. The Hall–Kier alpha value is -1.79. The van der Waals surface area contributed by atoms with E-state index in [1.54, 1.807) is 24.3 Å². The maximum Gasteiger partial charge on any atom is 0.234 e. The number of benzene rings is 2. The van der Waals surface area contributed by atoms with Gasteiger partial charge in [0, 0.05) is 15.8 Å². The van der Waals surface area contributed by atoms with Crippen LogP contribution < -0.4 is 10.1 Å². The van der Waals surface area contributed by atoms with Gasteiger partial charge >= 0.3 is 0 Å². The number of nitrogens with one attached hydrogen (secondary N) is 1. The van der Waals surface area contributed by atoms with Gasteiger partial charge < -0.3 is 10.1 Å². The number of Topliss-reactive ketones (excluding diaryl/α,β-unsaturated/α-hetero) is 1. The molecule has 0 radical (unpaired) electrons. The number of amides is 1. The SMILES string of the molecule is CC(=O)c1ccccc1NC(=O)CSCCOc1ccc(Br)cc1. The molecular weight excluding hydrogens is 390 g/mol. The molecule has 1 N–H and O–H groups in total. The van der Waals surface area contributed by atoms with Gasteiger partial charge in [0.15, 0.2) is 5.78 Å². The van der Waals surface area contributed by atoms with Crippen LogP contribution >= 0.6 is 27.7 Å². The Labute approximate surface area is 154 Å². The van der Waals surface area contributed by atoms with Crippen LogP contribution in [0.2, 0.25) is 0 Å². The predicted octanol–water partition coefficient (Wildman–Crippen LogP) is 4.40. The molecule has 0 saturated carbocycles. The number of hydrogen-bond donors (Lipinski definition) is 1. The normalized spacial score (nSPS) is 10.2. The van der Waals surface area contributed by atoms with Gasteiger partial charge in [-0.25, -0.2) is 0 Å².